The summed E-state index contributed by atoms with van der Waals surface area (Å²) in [5.74, 6) is 1.60. The van der Waals surface area contributed by atoms with Crippen LogP contribution in [0, 0.1) is 0 Å². The van der Waals surface area contributed by atoms with Crippen molar-refractivity contribution in [3.8, 4) is 11.6 Å². The van der Waals surface area contributed by atoms with E-state index in [1.807, 2.05) is 49.6 Å². The molecule has 3 heterocycles. The Labute approximate surface area is 204 Å². The molecule has 0 unspecified atom stereocenters. The number of piperidine rings is 1. The molecule has 2 aromatic heterocycles. The van der Waals surface area contributed by atoms with Gasteiger partial charge in [-0.15, -0.1) is 0 Å². The van der Waals surface area contributed by atoms with Gasteiger partial charge in [0.05, 0.1) is 29.3 Å². The first-order valence-electron chi connectivity index (χ1n) is 12.0. The number of amides is 1. The fraction of sp³-hybridized carbons (Fsp3) is 0.370. The van der Waals surface area contributed by atoms with E-state index in [2.05, 4.69) is 39.5 Å². The number of para-hydroxylation sites is 1. The van der Waals surface area contributed by atoms with E-state index in [-0.39, 0.29) is 12.1 Å². The van der Waals surface area contributed by atoms with Crippen LogP contribution >= 0.6 is 0 Å². The van der Waals surface area contributed by atoms with Crippen molar-refractivity contribution in [2.45, 2.75) is 45.3 Å². The summed E-state index contributed by atoms with van der Waals surface area (Å²) in [6, 6.07) is 16.4. The number of aromatic nitrogens is 3. The van der Waals surface area contributed by atoms with Crippen LogP contribution in [0.25, 0.3) is 27.8 Å². The summed E-state index contributed by atoms with van der Waals surface area (Å²) in [4.78, 5) is 24.1. The van der Waals surface area contributed by atoms with E-state index in [4.69, 9.17) is 14.5 Å². The lowest BCUT2D eigenvalue weighted by molar-refractivity contribution is 0.0497. The topological polar surface area (TPSA) is 81.5 Å². The third-order valence-electron chi connectivity index (χ3n) is 6.24. The van der Waals surface area contributed by atoms with Gasteiger partial charge in [0, 0.05) is 30.6 Å². The number of benzene rings is 2. The molecule has 0 spiro atoms. The number of carbonyl (C=O) groups is 1. The maximum Gasteiger partial charge on any atom is 0.407 e. The molecule has 5 rings (SSSR count). The van der Waals surface area contributed by atoms with Gasteiger partial charge in [0.25, 0.3) is 0 Å². The van der Waals surface area contributed by atoms with Crippen LogP contribution in [0.5, 0.6) is 5.75 Å². The van der Waals surface area contributed by atoms with Gasteiger partial charge in [-0.3, -0.25) is 4.57 Å². The Hall–Kier alpha value is -3.81. The van der Waals surface area contributed by atoms with Gasteiger partial charge in [-0.25, -0.2) is 14.8 Å². The number of pyridine rings is 1. The second kappa shape index (κ2) is 9.09. The van der Waals surface area contributed by atoms with Gasteiger partial charge in [0.15, 0.2) is 0 Å². The first-order chi connectivity index (χ1) is 16.8. The van der Waals surface area contributed by atoms with Crippen LogP contribution in [0.15, 0.2) is 54.9 Å². The Bertz CT molecular complexity index is 1370. The Morgan fingerprint density at radius 3 is 2.63 bits per heavy atom. The van der Waals surface area contributed by atoms with Crippen molar-refractivity contribution in [3.05, 3.63) is 54.9 Å². The molecule has 4 aromatic rings. The highest BCUT2D eigenvalue weighted by atomic mass is 16.6. The molecule has 1 saturated heterocycles. The molecule has 0 radical (unpaired) electrons. The number of methoxy groups -OCH3 is 1. The quantitative estimate of drug-likeness (QED) is 0.445. The predicted octanol–water partition coefficient (Wildman–Crippen LogP) is 5.08. The lowest BCUT2D eigenvalue weighted by Gasteiger charge is -2.34. The number of imidazole rings is 1. The minimum atomic E-state index is -0.496. The molecule has 2 aromatic carbocycles. The normalized spacial score (nSPS) is 14.9. The second-order valence-corrected chi connectivity index (χ2v) is 9.90. The molecule has 1 aliphatic rings. The van der Waals surface area contributed by atoms with Crippen LogP contribution < -0.4 is 15.0 Å². The Morgan fingerprint density at radius 2 is 1.89 bits per heavy atom. The van der Waals surface area contributed by atoms with E-state index in [1.54, 1.807) is 13.4 Å². The van der Waals surface area contributed by atoms with Gasteiger partial charge in [-0.2, -0.15) is 0 Å². The Balaban J connectivity index is 1.38. The van der Waals surface area contributed by atoms with E-state index in [0.717, 1.165) is 65.1 Å². The Kier molecular flexibility index (Phi) is 5.96. The minimum Gasteiger partial charge on any atom is -0.497 e. The lowest BCUT2D eigenvalue weighted by Crippen LogP contribution is -2.46. The van der Waals surface area contributed by atoms with E-state index in [1.165, 1.54) is 0 Å². The predicted molar refractivity (Wildman–Crippen MR) is 138 cm³/mol. The van der Waals surface area contributed by atoms with Gasteiger partial charge >= 0.3 is 6.09 Å². The van der Waals surface area contributed by atoms with Crippen LogP contribution in [-0.4, -0.2) is 52.5 Å². The highest BCUT2D eigenvalue weighted by molar-refractivity contribution is 5.92. The number of nitrogens with zero attached hydrogens (tertiary/aromatic N) is 4. The lowest BCUT2D eigenvalue weighted by atomic mass is 10.0. The average Bonchev–Trinajstić information content (AvgIpc) is 3.26. The van der Waals surface area contributed by atoms with Crippen LogP contribution in [0.1, 0.15) is 33.6 Å². The number of nitrogens with one attached hydrogen (secondary N) is 1. The van der Waals surface area contributed by atoms with Crippen molar-refractivity contribution in [1.82, 2.24) is 19.9 Å². The monoisotopic (exact) mass is 473 g/mol. The van der Waals surface area contributed by atoms with Gasteiger partial charge in [0.2, 0.25) is 0 Å². The number of ether oxygens (including phenoxy) is 2. The summed E-state index contributed by atoms with van der Waals surface area (Å²) in [5, 5.41) is 4.10. The molecule has 1 aliphatic heterocycles. The van der Waals surface area contributed by atoms with Gasteiger partial charge < -0.3 is 19.7 Å². The SMILES string of the molecule is COc1ccc2c(c1)ncn2-c1ccc2cccc(N3CCC(NC(=O)OC(C)(C)C)CC3)c2n1. The highest BCUT2D eigenvalue weighted by Gasteiger charge is 2.24. The second-order valence-electron chi connectivity index (χ2n) is 9.90. The molecule has 35 heavy (non-hydrogen) atoms. The number of carbonyl (C=O) groups excluding carboxylic acids is 1. The fourth-order valence-corrected chi connectivity index (χ4v) is 4.55. The standard InChI is InChI=1S/C27H31N5O3/c1-27(2,3)35-26(33)29-19-12-14-31(15-13-19)23-7-5-6-18-8-11-24(30-25(18)23)32-17-28-21-16-20(34-4)9-10-22(21)32/h5-11,16-17,19H,12-15H2,1-4H3,(H,29,33). The molecule has 0 saturated carbocycles. The zero-order valence-electron chi connectivity index (χ0n) is 20.6. The summed E-state index contributed by atoms with van der Waals surface area (Å²) in [6.07, 6.45) is 3.15. The van der Waals surface area contributed by atoms with E-state index < -0.39 is 5.60 Å². The number of fused-ring (bicyclic) bond motifs is 2. The number of rotatable bonds is 4. The summed E-state index contributed by atoms with van der Waals surface area (Å²) in [6.45, 7) is 7.29. The molecule has 182 valence electrons. The molecule has 1 fully saturated rings. The van der Waals surface area contributed by atoms with Crippen molar-refractivity contribution in [2.75, 3.05) is 25.1 Å². The van der Waals surface area contributed by atoms with E-state index >= 15 is 0 Å². The van der Waals surface area contributed by atoms with Crippen LogP contribution in [0.4, 0.5) is 10.5 Å². The summed E-state index contributed by atoms with van der Waals surface area (Å²) < 4.78 is 12.7. The summed E-state index contributed by atoms with van der Waals surface area (Å²) in [5.41, 5.74) is 3.40. The molecule has 8 nitrogen and oxygen atoms in total. The highest BCUT2D eigenvalue weighted by Crippen LogP contribution is 2.30. The van der Waals surface area contributed by atoms with Gasteiger partial charge in [-0.1, -0.05) is 12.1 Å². The van der Waals surface area contributed by atoms with Crippen molar-refractivity contribution in [1.29, 1.82) is 0 Å². The molecule has 8 heteroatoms. The zero-order valence-corrected chi connectivity index (χ0v) is 20.6. The minimum absolute atomic E-state index is 0.105. The number of alkyl carbamates (subject to hydrolysis) is 1. The van der Waals surface area contributed by atoms with Crippen LogP contribution in [-0.2, 0) is 4.74 Å². The first kappa shape index (κ1) is 23.0. The average molecular weight is 474 g/mol. The molecule has 0 bridgehead atoms. The van der Waals surface area contributed by atoms with E-state index in [0.29, 0.717) is 0 Å². The van der Waals surface area contributed by atoms with Crippen molar-refractivity contribution < 1.29 is 14.3 Å². The number of anilines is 1. The smallest absolute Gasteiger partial charge is 0.407 e. The van der Waals surface area contributed by atoms with Crippen molar-refractivity contribution in [3.63, 3.8) is 0 Å². The van der Waals surface area contributed by atoms with Gasteiger partial charge in [0.1, 0.15) is 23.5 Å². The summed E-state index contributed by atoms with van der Waals surface area (Å²) in [7, 11) is 1.65. The maximum absolute atomic E-state index is 12.2. The first-order valence-corrected chi connectivity index (χ1v) is 12.0. The van der Waals surface area contributed by atoms with Crippen LogP contribution in [0.2, 0.25) is 0 Å². The number of hydrogen-bond donors (Lipinski definition) is 1. The largest absolute Gasteiger partial charge is 0.497 e. The molecular formula is C27H31N5O3. The molecule has 0 atom stereocenters. The third-order valence-corrected chi connectivity index (χ3v) is 6.24. The van der Waals surface area contributed by atoms with Crippen molar-refractivity contribution in [2.24, 2.45) is 0 Å². The maximum atomic E-state index is 12.2. The molecule has 1 N–H and O–H groups in total. The third kappa shape index (κ3) is 4.87. The fourth-order valence-electron chi connectivity index (χ4n) is 4.55. The summed E-state index contributed by atoms with van der Waals surface area (Å²) >= 11 is 0. The zero-order chi connectivity index (χ0) is 24.6. The van der Waals surface area contributed by atoms with Crippen molar-refractivity contribution >= 4 is 33.7 Å². The van der Waals surface area contributed by atoms with Crippen LogP contribution in [0.3, 0.4) is 0 Å². The van der Waals surface area contributed by atoms with Gasteiger partial charge in [-0.05, 0) is 63.9 Å². The molecule has 1 amide bonds. The molecule has 0 aliphatic carbocycles. The van der Waals surface area contributed by atoms with E-state index in [9.17, 15) is 4.79 Å². The molecular weight excluding hydrogens is 442 g/mol. The number of hydrogen-bond acceptors (Lipinski definition) is 6. The Morgan fingerprint density at radius 1 is 1.09 bits per heavy atom.